The van der Waals surface area contributed by atoms with Gasteiger partial charge in [-0.2, -0.15) is 0 Å². The monoisotopic (exact) mass is 540 g/mol. The second kappa shape index (κ2) is 13.3. The average molecular weight is 541 g/mol. The van der Waals surface area contributed by atoms with E-state index >= 15 is 0 Å². The molecule has 1 aliphatic rings. The van der Waals surface area contributed by atoms with Gasteiger partial charge in [-0.25, -0.2) is 0 Å². The summed E-state index contributed by atoms with van der Waals surface area (Å²) in [5.74, 6) is 1.42. The highest BCUT2D eigenvalue weighted by atomic mass is 16.5. The third-order valence-corrected chi connectivity index (χ3v) is 8.09. The van der Waals surface area contributed by atoms with Gasteiger partial charge in [0.1, 0.15) is 11.1 Å². The van der Waals surface area contributed by atoms with Crippen molar-refractivity contribution in [1.29, 1.82) is 0 Å². The van der Waals surface area contributed by atoms with Crippen LogP contribution in [0.2, 0.25) is 0 Å². The maximum Gasteiger partial charge on any atom is 0.164 e. The van der Waals surface area contributed by atoms with E-state index in [-0.39, 0.29) is 5.92 Å². The average Bonchev–Trinajstić information content (AvgIpc) is 3.46. The summed E-state index contributed by atoms with van der Waals surface area (Å²) in [6, 6.07) is 28.7. The van der Waals surface area contributed by atoms with E-state index in [1.54, 1.807) is 0 Å². The first kappa shape index (κ1) is 29.6. The Morgan fingerprint density at radius 3 is 2.00 bits per heavy atom. The van der Waals surface area contributed by atoms with E-state index in [1.807, 2.05) is 62.5 Å². The second-order valence-corrected chi connectivity index (χ2v) is 11.0. The number of para-hydroxylation sites is 2. The maximum absolute atomic E-state index is 12.3. The minimum Gasteiger partial charge on any atom is -0.490 e. The third kappa shape index (κ3) is 6.32. The predicted molar refractivity (Wildman–Crippen MR) is 165 cm³/mol. The summed E-state index contributed by atoms with van der Waals surface area (Å²) in [6.45, 7) is 9.63. The van der Waals surface area contributed by atoms with E-state index in [0.29, 0.717) is 31.2 Å². The molecule has 3 aromatic carbocycles. The highest BCUT2D eigenvalue weighted by Crippen LogP contribution is 2.46. The molecule has 0 aliphatic carbocycles. The van der Waals surface area contributed by atoms with E-state index in [9.17, 15) is 5.11 Å². The number of nitrogens with one attached hydrogen (secondary N) is 1. The summed E-state index contributed by atoms with van der Waals surface area (Å²) in [5, 5.41) is 15.9. The number of aliphatic hydroxyl groups is 1. The number of hydrogen-bond donors (Lipinski definition) is 2. The Labute approximate surface area is 240 Å². The summed E-state index contributed by atoms with van der Waals surface area (Å²) < 4.78 is 12.9. The summed E-state index contributed by atoms with van der Waals surface area (Å²) in [5.41, 5.74) is -0.680. The Hall–Kier alpha value is -3.41. The van der Waals surface area contributed by atoms with E-state index in [0.717, 1.165) is 19.3 Å². The molecule has 0 radical (unpaired) electrons. The van der Waals surface area contributed by atoms with Crippen LogP contribution >= 0.6 is 0 Å². The minimum absolute atomic E-state index is 0.141. The topological polar surface area (TPSA) is 63.1 Å². The molecule has 0 saturated heterocycles. The van der Waals surface area contributed by atoms with Gasteiger partial charge in [0.25, 0.3) is 0 Å². The number of nitrogens with zero attached hydrogens (tertiary/aromatic N) is 1. The summed E-state index contributed by atoms with van der Waals surface area (Å²) in [7, 11) is 0. The molecule has 212 valence electrons. The minimum atomic E-state index is -1.30. The SMILES string of the molecule is CCCOc1ccccc1OC(C)(C(C)(O)CNCC(c1ccccc1)c1ccccc1)C1(CCC)C=CC=N1. The second-order valence-electron chi connectivity index (χ2n) is 11.0. The summed E-state index contributed by atoms with van der Waals surface area (Å²) in [6.07, 6.45) is 8.38. The number of allylic oxidation sites excluding steroid dienone is 1. The Morgan fingerprint density at radius 2 is 1.45 bits per heavy atom. The van der Waals surface area contributed by atoms with Gasteiger partial charge < -0.3 is 19.9 Å². The number of rotatable bonds is 15. The van der Waals surface area contributed by atoms with E-state index in [1.165, 1.54) is 11.1 Å². The van der Waals surface area contributed by atoms with Crippen molar-refractivity contribution >= 4 is 6.21 Å². The quantitative estimate of drug-likeness (QED) is 0.219. The fraction of sp³-hybridized carbons (Fsp3) is 0.400. The van der Waals surface area contributed by atoms with Crippen LogP contribution in [0.4, 0.5) is 0 Å². The Kier molecular flexibility index (Phi) is 9.83. The molecule has 1 heterocycles. The first-order chi connectivity index (χ1) is 19.4. The highest BCUT2D eigenvalue weighted by molar-refractivity contribution is 5.76. The van der Waals surface area contributed by atoms with Gasteiger partial charge >= 0.3 is 0 Å². The normalized spacial score (nSPS) is 19.4. The molecule has 0 bridgehead atoms. The molecule has 5 heteroatoms. The molecule has 4 rings (SSSR count). The van der Waals surface area contributed by atoms with Gasteiger partial charge in [-0.05, 0) is 56.0 Å². The van der Waals surface area contributed by atoms with Crippen LogP contribution in [-0.2, 0) is 0 Å². The standard InChI is InChI=1S/C35H44N2O3/c1-5-22-35(23-15-24-37-35)34(4,40-32-21-14-13-20-31(32)39-25-6-2)33(3,38)27-36-26-30(28-16-9-7-10-17-28)29-18-11-8-12-19-29/h7-21,23-24,30,36,38H,5-6,22,25-27H2,1-4H3. The van der Waals surface area contributed by atoms with E-state index < -0.39 is 16.7 Å². The summed E-state index contributed by atoms with van der Waals surface area (Å²) in [4.78, 5) is 4.93. The van der Waals surface area contributed by atoms with Gasteiger partial charge in [-0.1, -0.05) is 99.1 Å². The van der Waals surface area contributed by atoms with Gasteiger partial charge in [-0.15, -0.1) is 0 Å². The van der Waals surface area contributed by atoms with Crippen LogP contribution < -0.4 is 14.8 Å². The number of benzene rings is 3. The Bertz CT molecular complexity index is 1200. The Balaban J connectivity index is 1.64. The van der Waals surface area contributed by atoms with Crippen molar-refractivity contribution in [2.24, 2.45) is 4.99 Å². The lowest BCUT2D eigenvalue weighted by molar-refractivity contribution is -0.142. The van der Waals surface area contributed by atoms with Crippen LogP contribution in [0.25, 0.3) is 0 Å². The van der Waals surface area contributed by atoms with Crippen molar-refractivity contribution in [3.8, 4) is 11.5 Å². The molecule has 3 atom stereocenters. The largest absolute Gasteiger partial charge is 0.490 e. The van der Waals surface area contributed by atoms with Crippen molar-refractivity contribution in [3.63, 3.8) is 0 Å². The van der Waals surface area contributed by atoms with Gasteiger partial charge in [0, 0.05) is 25.2 Å². The van der Waals surface area contributed by atoms with Gasteiger partial charge in [-0.3, -0.25) is 4.99 Å². The third-order valence-electron chi connectivity index (χ3n) is 8.09. The van der Waals surface area contributed by atoms with Crippen molar-refractivity contribution < 1.29 is 14.6 Å². The molecule has 1 aliphatic heterocycles. The molecule has 0 amide bonds. The highest BCUT2D eigenvalue weighted by Gasteiger charge is 2.59. The first-order valence-corrected chi connectivity index (χ1v) is 14.5. The Morgan fingerprint density at radius 1 is 0.850 bits per heavy atom. The fourth-order valence-electron chi connectivity index (χ4n) is 5.65. The van der Waals surface area contributed by atoms with Crippen LogP contribution in [0.3, 0.4) is 0 Å². The zero-order chi connectivity index (χ0) is 28.5. The van der Waals surface area contributed by atoms with Crippen LogP contribution in [0.5, 0.6) is 11.5 Å². The molecular weight excluding hydrogens is 496 g/mol. The first-order valence-electron chi connectivity index (χ1n) is 14.5. The van der Waals surface area contributed by atoms with Crippen LogP contribution in [0, 0.1) is 0 Å². The van der Waals surface area contributed by atoms with Gasteiger partial charge in [0.2, 0.25) is 0 Å². The molecule has 2 N–H and O–H groups in total. The van der Waals surface area contributed by atoms with Crippen LogP contribution in [0.15, 0.2) is 102 Å². The van der Waals surface area contributed by atoms with Crippen LogP contribution in [0.1, 0.15) is 64.0 Å². The van der Waals surface area contributed by atoms with Crippen molar-refractivity contribution in [3.05, 3.63) is 108 Å². The van der Waals surface area contributed by atoms with Gasteiger partial charge in [0.15, 0.2) is 17.1 Å². The van der Waals surface area contributed by atoms with Crippen molar-refractivity contribution in [2.45, 2.75) is 69.6 Å². The zero-order valence-corrected chi connectivity index (χ0v) is 24.3. The van der Waals surface area contributed by atoms with E-state index in [2.05, 4.69) is 73.8 Å². The molecule has 3 unspecified atom stereocenters. The lowest BCUT2D eigenvalue weighted by atomic mass is 9.68. The van der Waals surface area contributed by atoms with E-state index in [4.69, 9.17) is 14.5 Å². The molecule has 0 spiro atoms. The molecule has 0 fully saturated rings. The van der Waals surface area contributed by atoms with Crippen molar-refractivity contribution in [1.82, 2.24) is 5.32 Å². The maximum atomic E-state index is 12.3. The smallest absolute Gasteiger partial charge is 0.164 e. The fourth-order valence-corrected chi connectivity index (χ4v) is 5.65. The summed E-state index contributed by atoms with van der Waals surface area (Å²) >= 11 is 0. The molecular formula is C35H44N2O3. The zero-order valence-electron chi connectivity index (χ0n) is 24.3. The molecule has 5 nitrogen and oxygen atoms in total. The number of hydrogen-bond acceptors (Lipinski definition) is 5. The predicted octanol–water partition coefficient (Wildman–Crippen LogP) is 6.97. The van der Waals surface area contributed by atoms with Crippen LogP contribution in [-0.4, -0.2) is 47.8 Å². The lowest BCUT2D eigenvalue weighted by Gasteiger charge is -2.51. The molecule has 3 aromatic rings. The molecule has 0 saturated carbocycles. The molecule has 40 heavy (non-hydrogen) atoms. The number of aliphatic imine (C=N–C) groups is 1. The molecule has 0 aromatic heterocycles. The van der Waals surface area contributed by atoms with Crippen molar-refractivity contribution in [2.75, 3.05) is 19.7 Å². The lowest BCUT2D eigenvalue weighted by Crippen LogP contribution is -2.69. The van der Waals surface area contributed by atoms with Gasteiger partial charge in [0.05, 0.1) is 6.61 Å². The number of ether oxygens (including phenoxy) is 2.